The van der Waals surface area contributed by atoms with Crippen molar-refractivity contribution in [2.45, 2.75) is 77.5 Å². The number of alkyl halides is 7. The molecular weight excluding hydrogens is 692 g/mol. The first-order valence-electron chi connectivity index (χ1n) is 15.6. The minimum atomic E-state index is -6.43. The predicted octanol–water partition coefficient (Wildman–Crippen LogP) is 4.28. The number of aldehydes is 1. The summed E-state index contributed by atoms with van der Waals surface area (Å²) in [4.78, 5) is 28.0. The number of piperidine rings is 1. The third-order valence-electron chi connectivity index (χ3n) is 10.8. The number of amides is 1. The van der Waals surface area contributed by atoms with Gasteiger partial charge in [-0.2, -0.15) is 26.3 Å². The molecule has 2 aromatic rings. The number of nitrogens with one attached hydrogen (secondary N) is 1. The number of aryl methyl sites for hydroxylation is 1. The van der Waals surface area contributed by atoms with E-state index in [1.165, 1.54) is 0 Å². The molecule has 17 heteroatoms. The Labute approximate surface area is 275 Å². The summed E-state index contributed by atoms with van der Waals surface area (Å²) in [6.07, 6.45) is -13.4. The molecule has 2 aromatic carbocycles. The Balaban J connectivity index is 1.43. The Morgan fingerprint density at radius 1 is 0.980 bits per heavy atom. The highest BCUT2D eigenvalue weighted by molar-refractivity contribution is 7.92. The zero-order valence-corrected chi connectivity index (χ0v) is 26.5. The molecule has 2 N–H and O–H groups in total. The van der Waals surface area contributed by atoms with Crippen LogP contribution in [0, 0.1) is 17.7 Å². The maximum absolute atomic E-state index is 15.1. The van der Waals surface area contributed by atoms with Crippen LogP contribution in [-0.4, -0.2) is 87.0 Å². The third kappa shape index (κ3) is 5.37. The highest BCUT2D eigenvalue weighted by Crippen LogP contribution is 2.61. The Morgan fingerprint density at radius 3 is 2.12 bits per heavy atom. The highest BCUT2D eigenvalue weighted by atomic mass is 32.2. The lowest BCUT2D eigenvalue weighted by Crippen LogP contribution is -2.60. The molecule has 2 aliphatic carbocycles. The van der Waals surface area contributed by atoms with Crippen LogP contribution in [0.3, 0.4) is 0 Å². The molecule has 49 heavy (non-hydrogen) atoms. The van der Waals surface area contributed by atoms with Crippen molar-refractivity contribution in [3.8, 4) is 0 Å². The van der Waals surface area contributed by atoms with E-state index in [2.05, 4.69) is 10.2 Å². The molecule has 2 heterocycles. The van der Waals surface area contributed by atoms with Gasteiger partial charge < -0.3 is 20.0 Å². The fraction of sp³-hybridized carbons (Fsp3) is 0.562. The zero-order chi connectivity index (χ0) is 35.8. The molecule has 4 atom stereocenters. The SMILES string of the molecule is O=CC1C[C@@H](NC(=O)C2(O)CCN(C3COC3)CC2)[C@@H]2CCc3cc(C(F)(C(F)(F)F)C(F)(F)F)ccc3[C@@]12S(=O)(=O)c1ccc(F)cc1. The third-order valence-corrected chi connectivity index (χ3v) is 13.4. The molecule has 0 spiro atoms. The van der Waals surface area contributed by atoms with Crippen molar-refractivity contribution in [3.05, 3.63) is 65.0 Å². The molecule has 0 aromatic heterocycles. The molecule has 6 rings (SSSR count). The monoisotopic (exact) mass is 724 g/mol. The Hall–Kier alpha value is -3.15. The van der Waals surface area contributed by atoms with Crippen LogP contribution in [0.15, 0.2) is 47.4 Å². The smallest absolute Gasteiger partial charge is 0.380 e. The van der Waals surface area contributed by atoms with Gasteiger partial charge >= 0.3 is 18.0 Å². The summed E-state index contributed by atoms with van der Waals surface area (Å²) in [5.74, 6) is -4.33. The predicted molar refractivity (Wildman–Crippen MR) is 155 cm³/mol. The number of nitrogens with zero attached hydrogens (tertiary/aromatic N) is 1. The van der Waals surface area contributed by atoms with Crippen molar-refractivity contribution in [2.75, 3.05) is 26.3 Å². The molecule has 1 amide bonds. The first kappa shape index (κ1) is 35.7. The van der Waals surface area contributed by atoms with E-state index < -0.39 is 78.3 Å². The van der Waals surface area contributed by atoms with Crippen LogP contribution in [0.4, 0.5) is 35.1 Å². The number of aliphatic hydroxyl groups is 1. The number of rotatable bonds is 7. The average Bonchev–Trinajstić information content (AvgIpc) is 3.34. The maximum Gasteiger partial charge on any atom is 0.435 e. The normalized spacial score (nSPS) is 27.9. The van der Waals surface area contributed by atoms with Gasteiger partial charge in [-0.25, -0.2) is 17.2 Å². The van der Waals surface area contributed by atoms with E-state index in [9.17, 15) is 53.8 Å². The number of fused-ring (bicyclic) bond motifs is 3. The van der Waals surface area contributed by atoms with E-state index in [4.69, 9.17) is 4.74 Å². The van der Waals surface area contributed by atoms with Gasteiger partial charge in [-0.1, -0.05) is 18.2 Å². The summed E-state index contributed by atoms with van der Waals surface area (Å²) >= 11 is 0. The van der Waals surface area contributed by atoms with E-state index in [1.807, 2.05) is 0 Å². The van der Waals surface area contributed by atoms with E-state index in [0.717, 1.165) is 24.3 Å². The minimum absolute atomic E-state index is 0.0395. The van der Waals surface area contributed by atoms with Crippen LogP contribution in [0.2, 0.25) is 0 Å². The van der Waals surface area contributed by atoms with Gasteiger partial charge in [0.2, 0.25) is 0 Å². The lowest BCUT2D eigenvalue weighted by molar-refractivity contribution is -0.348. The molecule has 2 saturated heterocycles. The molecule has 3 fully saturated rings. The van der Waals surface area contributed by atoms with E-state index in [1.54, 1.807) is 0 Å². The first-order valence-corrected chi connectivity index (χ1v) is 17.1. The number of likely N-dealkylation sites (tertiary alicyclic amines) is 1. The van der Waals surface area contributed by atoms with Gasteiger partial charge in [0.05, 0.1) is 24.2 Å². The second-order valence-corrected chi connectivity index (χ2v) is 15.4. The number of hydrogen-bond donors (Lipinski definition) is 2. The molecule has 0 radical (unpaired) electrons. The topological polar surface area (TPSA) is 113 Å². The number of halogens is 8. The van der Waals surface area contributed by atoms with Crippen molar-refractivity contribution in [1.29, 1.82) is 0 Å². The summed E-state index contributed by atoms with van der Waals surface area (Å²) < 4.78 is 143. The number of ether oxygens (including phenoxy) is 1. The van der Waals surface area contributed by atoms with E-state index in [0.29, 0.717) is 44.7 Å². The van der Waals surface area contributed by atoms with Gasteiger partial charge in [-0.15, -0.1) is 0 Å². The molecule has 268 valence electrons. The molecule has 4 aliphatic rings. The minimum Gasteiger partial charge on any atom is -0.380 e. The fourth-order valence-corrected chi connectivity index (χ4v) is 10.7. The number of carbonyl (C=O) groups excluding carboxylic acids is 2. The van der Waals surface area contributed by atoms with Gasteiger partial charge in [0.15, 0.2) is 9.84 Å². The van der Waals surface area contributed by atoms with E-state index in [-0.39, 0.29) is 55.3 Å². The van der Waals surface area contributed by atoms with Crippen LogP contribution < -0.4 is 5.32 Å². The van der Waals surface area contributed by atoms with Crippen LogP contribution in [0.1, 0.15) is 42.4 Å². The lowest BCUT2D eigenvalue weighted by atomic mass is 9.71. The van der Waals surface area contributed by atoms with Crippen molar-refractivity contribution < 1.29 is 63.0 Å². The summed E-state index contributed by atoms with van der Waals surface area (Å²) in [5.41, 5.74) is -10.1. The number of carbonyl (C=O) groups is 2. The molecule has 1 saturated carbocycles. The van der Waals surface area contributed by atoms with Crippen molar-refractivity contribution in [2.24, 2.45) is 11.8 Å². The van der Waals surface area contributed by atoms with Crippen LogP contribution in [0.5, 0.6) is 0 Å². The summed E-state index contributed by atoms with van der Waals surface area (Å²) in [5, 5.41) is 14.0. The lowest BCUT2D eigenvalue weighted by Gasteiger charge is -2.45. The Morgan fingerprint density at radius 2 is 1.59 bits per heavy atom. The molecule has 8 nitrogen and oxygen atoms in total. The molecule has 0 bridgehead atoms. The number of benzene rings is 2. The van der Waals surface area contributed by atoms with Crippen molar-refractivity contribution >= 4 is 22.0 Å². The quantitative estimate of drug-likeness (QED) is 0.249. The van der Waals surface area contributed by atoms with Crippen LogP contribution >= 0.6 is 0 Å². The second-order valence-electron chi connectivity index (χ2n) is 13.2. The van der Waals surface area contributed by atoms with Crippen LogP contribution in [0.25, 0.3) is 0 Å². The summed E-state index contributed by atoms with van der Waals surface area (Å²) in [6, 6.07) is 3.75. The Bertz CT molecular complexity index is 1710. The van der Waals surface area contributed by atoms with Gasteiger partial charge in [0, 0.05) is 36.5 Å². The number of sulfone groups is 1. The largest absolute Gasteiger partial charge is 0.435 e. The fourth-order valence-electron chi connectivity index (χ4n) is 8.09. The van der Waals surface area contributed by atoms with Crippen molar-refractivity contribution in [1.82, 2.24) is 10.2 Å². The number of hydrogen-bond acceptors (Lipinski definition) is 7. The van der Waals surface area contributed by atoms with E-state index >= 15 is 4.39 Å². The highest BCUT2D eigenvalue weighted by Gasteiger charge is 2.74. The maximum atomic E-state index is 15.1. The standard InChI is InChI=1S/C32H32F8N2O6S/c33-21-3-5-23(6-4-21)49(46,47)29-20(15-43)14-26(41-27(44)28(45)9-11-42(12-10-28)22-16-48-17-22)25(29)7-1-18-13-19(2-8-24(18)29)30(34,31(35,36)37)32(38,39)40/h2-6,8,13,15,20,22,25-26,45H,1,7,9-12,14,16-17H2,(H,41,44)/t20?,25-,26+,29-/m0/s1. The van der Waals surface area contributed by atoms with Crippen LogP contribution in [-0.2, 0) is 41.0 Å². The molecule has 2 aliphatic heterocycles. The average molecular weight is 725 g/mol. The summed E-state index contributed by atoms with van der Waals surface area (Å²) in [7, 11) is -4.85. The molecular formula is C32H32F8N2O6S. The van der Waals surface area contributed by atoms with Crippen molar-refractivity contribution in [3.63, 3.8) is 0 Å². The molecule has 1 unspecified atom stereocenters. The van der Waals surface area contributed by atoms with Gasteiger partial charge in [-0.3, -0.25) is 9.69 Å². The summed E-state index contributed by atoms with van der Waals surface area (Å²) in [6.45, 7) is 1.78. The zero-order valence-electron chi connectivity index (χ0n) is 25.7. The van der Waals surface area contributed by atoms with Gasteiger partial charge in [-0.05, 0) is 67.5 Å². The Kier molecular flexibility index (Phi) is 8.72. The second kappa shape index (κ2) is 12.0. The van der Waals surface area contributed by atoms with Gasteiger partial charge in [0.1, 0.15) is 22.5 Å². The first-order chi connectivity index (χ1) is 22.8. The van der Waals surface area contributed by atoms with Gasteiger partial charge in [0.25, 0.3) is 5.91 Å².